The molecule has 1 atom stereocenters. The molecule has 0 fully saturated rings. The Hall–Kier alpha value is -1.32. The number of rotatable bonds is 4. The minimum atomic E-state index is -0.814. The maximum absolute atomic E-state index is 9.98. The van der Waals surface area contributed by atoms with Gasteiger partial charge in [0.2, 0.25) is 0 Å². The van der Waals surface area contributed by atoms with Crippen LogP contribution >= 0.6 is 0 Å². The van der Waals surface area contributed by atoms with Gasteiger partial charge in [-0.2, -0.15) is 0 Å². The van der Waals surface area contributed by atoms with Crippen LogP contribution in [0.5, 0.6) is 5.75 Å². The zero-order valence-electron chi connectivity index (χ0n) is 11.1. The third-order valence-electron chi connectivity index (χ3n) is 3.12. The molecule has 0 saturated heterocycles. The van der Waals surface area contributed by atoms with E-state index in [1.807, 2.05) is 24.3 Å². The van der Waals surface area contributed by atoms with Crippen LogP contribution < -0.4 is 4.74 Å². The van der Waals surface area contributed by atoms with Gasteiger partial charge in [0, 0.05) is 13.5 Å². The Kier molecular flexibility index (Phi) is 3.73. The fourth-order valence-electron chi connectivity index (χ4n) is 2.05. The van der Waals surface area contributed by atoms with Crippen LogP contribution in [0.15, 0.2) is 24.3 Å². The number of fused-ring (bicyclic) bond motifs is 1. The first-order chi connectivity index (χ1) is 8.50. The number of hydrogen-bond donors (Lipinski definition) is 1. The smallest absolute Gasteiger partial charge is 0.131 e. The molecule has 18 heavy (non-hydrogen) atoms. The molecule has 0 spiro atoms. The van der Waals surface area contributed by atoms with E-state index in [-0.39, 0.29) is 6.10 Å². The molecule has 1 aliphatic rings. The highest BCUT2D eigenvalue weighted by Crippen LogP contribution is 2.33. The molecular weight excluding hydrogens is 228 g/mol. The van der Waals surface area contributed by atoms with Crippen molar-refractivity contribution in [2.45, 2.75) is 32.0 Å². The van der Waals surface area contributed by atoms with E-state index in [9.17, 15) is 5.11 Å². The molecule has 1 aliphatic heterocycles. The van der Waals surface area contributed by atoms with E-state index >= 15 is 0 Å². The predicted octanol–water partition coefficient (Wildman–Crippen LogP) is 2.42. The molecule has 0 amide bonds. The molecule has 0 saturated carbocycles. The van der Waals surface area contributed by atoms with Gasteiger partial charge in [-0.25, -0.2) is 0 Å². The summed E-state index contributed by atoms with van der Waals surface area (Å²) in [6.45, 7) is 4.17. The van der Waals surface area contributed by atoms with Gasteiger partial charge in [-0.15, -0.1) is 0 Å². The van der Waals surface area contributed by atoms with Crippen molar-refractivity contribution in [3.63, 3.8) is 0 Å². The Labute approximate surface area is 108 Å². The fourth-order valence-corrected chi connectivity index (χ4v) is 2.05. The number of benzene rings is 1. The summed E-state index contributed by atoms with van der Waals surface area (Å²) in [5.41, 5.74) is 1.47. The first kappa shape index (κ1) is 13.1. The summed E-state index contributed by atoms with van der Waals surface area (Å²) in [5, 5.41) is 9.98. The lowest BCUT2D eigenvalue weighted by molar-refractivity contribution is -0.0229. The molecule has 98 valence electrons. The van der Waals surface area contributed by atoms with Crippen LogP contribution in [-0.2, 0) is 11.2 Å². The molecular formula is C15H20O3. The number of methoxy groups -OCH3 is 1. The maximum atomic E-state index is 9.98. The molecule has 1 unspecified atom stereocenters. The number of ether oxygens (including phenoxy) is 2. The van der Waals surface area contributed by atoms with E-state index in [0.29, 0.717) is 6.61 Å². The molecule has 1 N–H and O–H groups in total. The van der Waals surface area contributed by atoms with Crippen molar-refractivity contribution in [1.82, 2.24) is 0 Å². The molecule has 3 nitrogen and oxygen atoms in total. The van der Waals surface area contributed by atoms with Crippen molar-refractivity contribution < 1.29 is 14.6 Å². The Morgan fingerprint density at radius 2 is 2.28 bits per heavy atom. The second kappa shape index (κ2) is 5.12. The average molecular weight is 248 g/mol. The standard InChI is InChI=1S/C15H20O3/c1-15(2,16)14-10-12-9-11(5-4-8-17-3)6-7-13(12)18-14/h4-7,9,14,16H,8,10H2,1-3H3. The summed E-state index contributed by atoms with van der Waals surface area (Å²) in [4.78, 5) is 0. The summed E-state index contributed by atoms with van der Waals surface area (Å²) in [5.74, 6) is 0.881. The van der Waals surface area contributed by atoms with E-state index in [1.54, 1.807) is 21.0 Å². The second-order valence-corrected chi connectivity index (χ2v) is 5.19. The van der Waals surface area contributed by atoms with Gasteiger partial charge in [0.05, 0.1) is 12.2 Å². The van der Waals surface area contributed by atoms with Gasteiger partial charge in [-0.1, -0.05) is 18.2 Å². The van der Waals surface area contributed by atoms with Gasteiger partial charge >= 0.3 is 0 Å². The average Bonchev–Trinajstić information content (AvgIpc) is 2.72. The van der Waals surface area contributed by atoms with Crippen molar-refractivity contribution >= 4 is 6.08 Å². The third kappa shape index (κ3) is 2.92. The third-order valence-corrected chi connectivity index (χ3v) is 3.12. The maximum Gasteiger partial charge on any atom is 0.131 e. The molecule has 3 heteroatoms. The topological polar surface area (TPSA) is 38.7 Å². The Morgan fingerprint density at radius 3 is 2.94 bits per heavy atom. The van der Waals surface area contributed by atoms with Gasteiger partial charge in [-0.3, -0.25) is 0 Å². The zero-order chi connectivity index (χ0) is 13.2. The SMILES string of the molecule is COCC=Cc1ccc2c(c1)CC(C(C)(C)O)O2. The van der Waals surface area contributed by atoms with Crippen LogP contribution in [0.4, 0.5) is 0 Å². The van der Waals surface area contributed by atoms with Crippen molar-refractivity contribution in [1.29, 1.82) is 0 Å². The monoisotopic (exact) mass is 248 g/mol. The lowest BCUT2D eigenvalue weighted by atomic mass is 9.96. The molecule has 2 rings (SSSR count). The summed E-state index contributed by atoms with van der Waals surface area (Å²) < 4.78 is 10.7. The summed E-state index contributed by atoms with van der Waals surface area (Å²) >= 11 is 0. The van der Waals surface area contributed by atoms with Crippen molar-refractivity contribution in [2.75, 3.05) is 13.7 Å². The summed E-state index contributed by atoms with van der Waals surface area (Å²) in [6, 6.07) is 6.08. The molecule has 0 aromatic heterocycles. The predicted molar refractivity (Wildman–Crippen MR) is 71.8 cm³/mol. The van der Waals surface area contributed by atoms with E-state index in [1.165, 1.54) is 0 Å². The fraction of sp³-hybridized carbons (Fsp3) is 0.467. The van der Waals surface area contributed by atoms with Crippen LogP contribution in [0.2, 0.25) is 0 Å². The highest BCUT2D eigenvalue weighted by atomic mass is 16.5. The van der Waals surface area contributed by atoms with Crippen LogP contribution in [0.3, 0.4) is 0 Å². The van der Waals surface area contributed by atoms with Crippen LogP contribution in [0.1, 0.15) is 25.0 Å². The van der Waals surface area contributed by atoms with E-state index in [4.69, 9.17) is 9.47 Å². The minimum absolute atomic E-state index is 0.161. The van der Waals surface area contributed by atoms with Crippen molar-refractivity contribution in [2.24, 2.45) is 0 Å². The lowest BCUT2D eigenvalue weighted by Crippen LogP contribution is -2.39. The largest absolute Gasteiger partial charge is 0.487 e. The quantitative estimate of drug-likeness (QED) is 0.889. The second-order valence-electron chi connectivity index (χ2n) is 5.19. The highest BCUT2D eigenvalue weighted by Gasteiger charge is 2.34. The van der Waals surface area contributed by atoms with Gasteiger partial charge in [0.1, 0.15) is 11.9 Å². The summed E-state index contributed by atoms with van der Waals surface area (Å²) in [7, 11) is 1.68. The Bertz CT molecular complexity index is 444. The van der Waals surface area contributed by atoms with E-state index < -0.39 is 5.60 Å². The first-order valence-electron chi connectivity index (χ1n) is 6.18. The molecule has 1 aromatic carbocycles. The van der Waals surface area contributed by atoms with Crippen LogP contribution in [0, 0.1) is 0 Å². The Balaban J connectivity index is 2.12. The van der Waals surface area contributed by atoms with Crippen LogP contribution in [0.25, 0.3) is 6.08 Å². The number of aliphatic hydroxyl groups is 1. The zero-order valence-corrected chi connectivity index (χ0v) is 11.1. The van der Waals surface area contributed by atoms with Gasteiger partial charge in [0.15, 0.2) is 0 Å². The lowest BCUT2D eigenvalue weighted by Gasteiger charge is -2.24. The molecule has 0 bridgehead atoms. The normalized spacial score (nSPS) is 19.0. The molecule has 0 aliphatic carbocycles. The first-order valence-corrected chi connectivity index (χ1v) is 6.18. The van der Waals surface area contributed by atoms with Gasteiger partial charge < -0.3 is 14.6 Å². The number of hydrogen-bond acceptors (Lipinski definition) is 3. The highest BCUT2D eigenvalue weighted by molar-refractivity contribution is 5.54. The van der Waals surface area contributed by atoms with Gasteiger partial charge in [-0.05, 0) is 37.1 Å². The molecule has 0 radical (unpaired) electrons. The van der Waals surface area contributed by atoms with Crippen molar-refractivity contribution in [3.8, 4) is 5.75 Å². The molecule has 1 heterocycles. The van der Waals surface area contributed by atoms with Gasteiger partial charge in [0.25, 0.3) is 0 Å². The minimum Gasteiger partial charge on any atom is -0.487 e. The van der Waals surface area contributed by atoms with E-state index in [0.717, 1.165) is 23.3 Å². The van der Waals surface area contributed by atoms with Crippen molar-refractivity contribution in [3.05, 3.63) is 35.4 Å². The summed E-state index contributed by atoms with van der Waals surface area (Å²) in [6.07, 6.45) is 4.60. The van der Waals surface area contributed by atoms with Crippen LogP contribution in [-0.4, -0.2) is 30.5 Å². The van der Waals surface area contributed by atoms with E-state index in [2.05, 4.69) is 6.07 Å². The Morgan fingerprint density at radius 1 is 1.50 bits per heavy atom. The molecule has 1 aromatic rings.